The minimum Gasteiger partial charge on any atom is -0.367 e. The second-order valence-corrected chi connectivity index (χ2v) is 8.40. The Kier molecular flexibility index (Phi) is 5.72. The Morgan fingerprint density at radius 3 is 2.63 bits per heavy atom. The zero-order valence-electron chi connectivity index (χ0n) is 18.8. The van der Waals surface area contributed by atoms with Crippen LogP contribution in [-0.2, 0) is 19.1 Å². The Hall–Kier alpha value is -4.21. The second kappa shape index (κ2) is 8.86. The van der Waals surface area contributed by atoms with E-state index in [2.05, 4.69) is 25.2 Å². The predicted molar refractivity (Wildman–Crippen MR) is 124 cm³/mol. The van der Waals surface area contributed by atoms with E-state index in [-0.39, 0.29) is 11.4 Å². The lowest BCUT2D eigenvalue weighted by molar-refractivity contribution is -0.137. The van der Waals surface area contributed by atoms with Crippen LogP contribution in [0.25, 0.3) is 5.69 Å². The first-order valence-electron chi connectivity index (χ1n) is 10.9. The summed E-state index contributed by atoms with van der Waals surface area (Å²) >= 11 is 0. The van der Waals surface area contributed by atoms with Crippen LogP contribution in [-0.4, -0.2) is 32.0 Å². The van der Waals surface area contributed by atoms with Crippen molar-refractivity contribution in [3.8, 4) is 5.69 Å². The van der Waals surface area contributed by atoms with Crippen molar-refractivity contribution in [2.45, 2.75) is 26.1 Å². The highest BCUT2D eigenvalue weighted by Gasteiger charge is 2.31. The van der Waals surface area contributed by atoms with E-state index in [1.165, 1.54) is 23.3 Å². The van der Waals surface area contributed by atoms with Crippen molar-refractivity contribution in [3.63, 3.8) is 0 Å². The fourth-order valence-corrected chi connectivity index (χ4v) is 4.14. The first kappa shape index (κ1) is 22.6. The summed E-state index contributed by atoms with van der Waals surface area (Å²) in [5.41, 5.74) is 3.43. The number of aryl methyl sites for hydroxylation is 1. The molecule has 10 heteroatoms. The highest BCUT2D eigenvalue weighted by molar-refractivity contribution is 6.05. The van der Waals surface area contributed by atoms with Gasteiger partial charge in [0.2, 0.25) is 0 Å². The number of halogens is 3. The molecule has 3 heterocycles. The number of alkyl halides is 3. The number of benzene rings is 2. The van der Waals surface area contributed by atoms with Crippen molar-refractivity contribution in [2.75, 3.05) is 16.8 Å². The van der Waals surface area contributed by atoms with Crippen molar-refractivity contribution in [3.05, 3.63) is 95.6 Å². The minimum atomic E-state index is -4.57. The molecule has 1 aliphatic heterocycles. The van der Waals surface area contributed by atoms with Crippen LogP contribution in [0.15, 0.2) is 67.6 Å². The molecule has 0 fully saturated rings. The molecule has 2 aromatic heterocycles. The lowest BCUT2D eigenvalue weighted by Gasteiger charge is -2.20. The van der Waals surface area contributed by atoms with Crippen LogP contribution >= 0.6 is 0 Å². The highest BCUT2D eigenvalue weighted by atomic mass is 19.4. The molecule has 1 aliphatic rings. The average molecular weight is 478 g/mol. The molecule has 178 valence electrons. The number of rotatable bonds is 5. The number of amides is 1. The summed E-state index contributed by atoms with van der Waals surface area (Å²) in [5, 5.41) is 2.63. The number of carbonyl (C=O) groups excluding carboxylic acids is 1. The summed E-state index contributed by atoms with van der Waals surface area (Å²) in [7, 11) is 0. The van der Waals surface area contributed by atoms with E-state index in [4.69, 9.17) is 0 Å². The molecule has 1 N–H and O–H groups in total. The molecule has 4 aromatic rings. The van der Waals surface area contributed by atoms with Crippen molar-refractivity contribution in [1.29, 1.82) is 0 Å². The third-order valence-corrected chi connectivity index (χ3v) is 5.84. The number of nitrogens with zero attached hydrogens (tertiary/aromatic N) is 5. The highest BCUT2D eigenvalue weighted by Crippen LogP contribution is 2.34. The van der Waals surface area contributed by atoms with E-state index in [1.807, 2.05) is 6.07 Å². The molecule has 0 bridgehead atoms. The molecule has 1 amide bonds. The molecule has 2 aromatic carbocycles. The molecule has 0 atom stereocenters. The molecule has 7 nitrogen and oxygen atoms in total. The van der Waals surface area contributed by atoms with Crippen molar-refractivity contribution < 1.29 is 18.0 Å². The fourth-order valence-electron chi connectivity index (χ4n) is 4.14. The standard InChI is InChI=1S/C25H21F3N6O/c1-16-12-34(15-31-16)22-8-20(25(26,27)28)7-21(9-22)32-24(35)19-3-2-18-4-5-33(23(18)6-19)13-17-10-29-14-30-11-17/h2-3,6-12,14-15H,4-5,13H2,1H3,(H,32,35). The average Bonchev–Trinajstić information content (AvgIpc) is 3.45. The Balaban J connectivity index is 1.41. The van der Waals surface area contributed by atoms with Gasteiger partial charge in [0.25, 0.3) is 5.91 Å². The van der Waals surface area contributed by atoms with Gasteiger partial charge in [-0.25, -0.2) is 15.0 Å². The van der Waals surface area contributed by atoms with Crippen molar-refractivity contribution in [1.82, 2.24) is 19.5 Å². The van der Waals surface area contributed by atoms with Gasteiger partial charge in [-0.05, 0) is 49.2 Å². The Labute approximate surface area is 199 Å². The van der Waals surface area contributed by atoms with Crippen LogP contribution in [0, 0.1) is 6.92 Å². The topological polar surface area (TPSA) is 75.9 Å². The lowest BCUT2D eigenvalue weighted by atomic mass is 10.1. The molecule has 0 saturated carbocycles. The fraction of sp³-hybridized carbons (Fsp3) is 0.200. The van der Waals surface area contributed by atoms with Gasteiger partial charge in [-0.15, -0.1) is 0 Å². The quantitative estimate of drug-likeness (QED) is 0.446. The lowest BCUT2D eigenvalue weighted by Crippen LogP contribution is -2.20. The van der Waals surface area contributed by atoms with Gasteiger partial charge in [-0.2, -0.15) is 13.2 Å². The van der Waals surface area contributed by atoms with Gasteiger partial charge in [0, 0.05) is 59.9 Å². The van der Waals surface area contributed by atoms with Crippen LogP contribution in [0.4, 0.5) is 24.5 Å². The molecule has 0 radical (unpaired) electrons. The van der Waals surface area contributed by atoms with Gasteiger partial charge in [0.15, 0.2) is 0 Å². The molecular formula is C25H21F3N6O. The largest absolute Gasteiger partial charge is 0.416 e. The third kappa shape index (κ3) is 4.86. The van der Waals surface area contributed by atoms with Crippen molar-refractivity contribution >= 4 is 17.3 Å². The van der Waals surface area contributed by atoms with Crippen LogP contribution in [0.1, 0.15) is 32.7 Å². The maximum absolute atomic E-state index is 13.5. The number of nitrogens with one attached hydrogen (secondary N) is 1. The number of hydrogen-bond acceptors (Lipinski definition) is 5. The molecule has 0 saturated heterocycles. The molecule has 35 heavy (non-hydrogen) atoms. The summed E-state index contributed by atoms with van der Waals surface area (Å²) in [6.07, 6.45) is 4.28. The molecule has 5 rings (SSSR count). The molecular weight excluding hydrogens is 457 g/mol. The van der Waals surface area contributed by atoms with Crippen LogP contribution in [0.5, 0.6) is 0 Å². The zero-order chi connectivity index (χ0) is 24.6. The van der Waals surface area contributed by atoms with Crippen LogP contribution in [0.3, 0.4) is 0 Å². The summed E-state index contributed by atoms with van der Waals surface area (Å²) in [4.78, 5) is 27.3. The van der Waals surface area contributed by atoms with Gasteiger partial charge in [0.05, 0.1) is 17.6 Å². The number of anilines is 2. The third-order valence-electron chi connectivity index (χ3n) is 5.84. The summed E-state index contributed by atoms with van der Waals surface area (Å²) < 4.78 is 42.1. The molecule has 0 spiro atoms. The SMILES string of the molecule is Cc1cn(-c2cc(NC(=O)c3ccc4c(c3)N(Cc3cncnc3)CC4)cc(C(F)(F)F)c2)cn1. The maximum Gasteiger partial charge on any atom is 0.416 e. The van der Waals surface area contributed by atoms with E-state index in [0.717, 1.165) is 41.9 Å². The summed E-state index contributed by atoms with van der Waals surface area (Å²) in [5.74, 6) is -0.491. The Morgan fingerprint density at radius 1 is 1.11 bits per heavy atom. The van der Waals surface area contributed by atoms with E-state index >= 15 is 0 Å². The van der Waals surface area contributed by atoms with Crippen LogP contribution < -0.4 is 10.2 Å². The smallest absolute Gasteiger partial charge is 0.367 e. The summed E-state index contributed by atoms with van der Waals surface area (Å²) in [6.45, 7) is 3.13. The minimum absolute atomic E-state index is 0.0463. The zero-order valence-corrected chi connectivity index (χ0v) is 18.8. The first-order valence-corrected chi connectivity index (χ1v) is 10.9. The Morgan fingerprint density at radius 2 is 1.91 bits per heavy atom. The van der Waals surface area contributed by atoms with E-state index in [1.54, 1.807) is 37.6 Å². The number of carbonyl (C=O) groups is 1. The van der Waals surface area contributed by atoms with Gasteiger partial charge in [0.1, 0.15) is 6.33 Å². The normalized spacial score (nSPS) is 13.1. The van der Waals surface area contributed by atoms with Gasteiger partial charge >= 0.3 is 6.18 Å². The first-order chi connectivity index (χ1) is 16.8. The van der Waals surface area contributed by atoms with E-state index < -0.39 is 17.6 Å². The van der Waals surface area contributed by atoms with Crippen LogP contribution in [0.2, 0.25) is 0 Å². The molecule has 0 aliphatic carbocycles. The number of aromatic nitrogens is 4. The van der Waals surface area contributed by atoms with E-state index in [9.17, 15) is 18.0 Å². The number of fused-ring (bicyclic) bond motifs is 1. The van der Waals surface area contributed by atoms with Gasteiger partial charge in [-0.3, -0.25) is 4.79 Å². The Bertz CT molecular complexity index is 1380. The van der Waals surface area contributed by atoms with E-state index in [0.29, 0.717) is 17.8 Å². The maximum atomic E-state index is 13.5. The van der Waals surface area contributed by atoms with Crippen molar-refractivity contribution in [2.24, 2.45) is 0 Å². The van der Waals surface area contributed by atoms with Gasteiger partial charge in [-0.1, -0.05) is 6.07 Å². The monoisotopic (exact) mass is 478 g/mol. The summed E-state index contributed by atoms with van der Waals surface area (Å²) in [6, 6.07) is 8.80. The number of imidazole rings is 1. The second-order valence-electron chi connectivity index (χ2n) is 8.40. The molecule has 0 unspecified atom stereocenters. The predicted octanol–water partition coefficient (Wildman–Crippen LogP) is 4.80. The van der Waals surface area contributed by atoms with Gasteiger partial charge < -0.3 is 14.8 Å². The number of hydrogen-bond donors (Lipinski definition) is 1.